The number of halogens is 3. The van der Waals surface area contributed by atoms with Crippen LogP contribution in [0.25, 0.3) is 10.2 Å². The molecular weight excluding hydrogens is 319 g/mol. The minimum Gasteiger partial charge on any atom is -0.383 e. The van der Waals surface area contributed by atoms with Gasteiger partial charge in [-0.1, -0.05) is 23.5 Å². The highest BCUT2D eigenvalue weighted by Gasteiger charge is 2.27. The number of hydrogen-bond donors (Lipinski definition) is 1. The zero-order chi connectivity index (χ0) is 16.2. The summed E-state index contributed by atoms with van der Waals surface area (Å²) in [6.45, 7) is -0.553. The van der Waals surface area contributed by atoms with Crippen molar-refractivity contribution in [3.05, 3.63) is 29.1 Å². The Labute approximate surface area is 128 Å². The maximum absolute atomic E-state index is 12.1. The minimum absolute atomic E-state index is 0.331. The molecular formula is C13H14F3N3O2S. The molecule has 22 heavy (non-hydrogen) atoms. The Balaban J connectivity index is 2.32. The van der Waals surface area contributed by atoms with Gasteiger partial charge in [0.05, 0.1) is 16.8 Å². The Morgan fingerprint density at radius 3 is 2.82 bits per heavy atom. The van der Waals surface area contributed by atoms with E-state index in [0.29, 0.717) is 18.0 Å². The second-order valence-electron chi connectivity index (χ2n) is 4.38. The van der Waals surface area contributed by atoms with Crippen LogP contribution in [0.15, 0.2) is 29.3 Å². The van der Waals surface area contributed by atoms with E-state index in [-0.39, 0.29) is 0 Å². The highest BCUT2D eigenvalue weighted by Crippen LogP contribution is 2.16. The van der Waals surface area contributed by atoms with Gasteiger partial charge in [-0.05, 0) is 12.1 Å². The second-order valence-corrected chi connectivity index (χ2v) is 5.39. The van der Waals surface area contributed by atoms with Crippen molar-refractivity contribution in [2.24, 2.45) is 4.99 Å². The van der Waals surface area contributed by atoms with Crippen LogP contribution in [0.2, 0.25) is 0 Å². The summed E-state index contributed by atoms with van der Waals surface area (Å²) in [5, 5.41) is 1.73. The molecule has 0 bridgehead atoms. The monoisotopic (exact) mass is 333 g/mol. The number of nitrogens with zero attached hydrogens (tertiary/aromatic N) is 2. The highest BCUT2D eigenvalue weighted by molar-refractivity contribution is 7.16. The molecule has 2 amide bonds. The van der Waals surface area contributed by atoms with Crippen LogP contribution >= 0.6 is 11.3 Å². The number of rotatable bonds is 4. The number of para-hydroxylation sites is 1. The van der Waals surface area contributed by atoms with E-state index in [1.54, 1.807) is 17.0 Å². The molecule has 0 saturated heterocycles. The van der Waals surface area contributed by atoms with Crippen LogP contribution in [0, 0.1) is 0 Å². The van der Waals surface area contributed by atoms with Crippen LogP contribution < -0.4 is 10.1 Å². The summed E-state index contributed by atoms with van der Waals surface area (Å²) in [4.78, 5) is 15.6. The minimum atomic E-state index is -4.46. The molecule has 0 aliphatic rings. The van der Waals surface area contributed by atoms with Crippen molar-refractivity contribution >= 4 is 27.6 Å². The molecule has 2 rings (SSSR count). The molecule has 0 radical (unpaired) electrons. The molecule has 1 aromatic heterocycles. The molecule has 0 aliphatic carbocycles. The zero-order valence-electron chi connectivity index (χ0n) is 11.7. The number of benzene rings is 1. The normalized spacial score (nSPS) is 12.8. The first-order chi connectivity index (χ1) is 10.4. The fourth-order valence-corrected chi connectivity index (χ4v) is 2.86. The molecule has 0 saturated carbocycles. The van der Waals surface area contributed by atoms with E-state index in [2.05, 4.69) is 4.99 Å². The molecule has 0 unspecified atom stereocenters. The van der Waals surface area contributed by atoms with Crippen molar-refractivity contribution in [2.75, 3.05) is 20.3 Å². The number of nitrogens with one attached hydrogen (secondary N) is 1. The SMILES string of the molecule is COCCn1c(=NC(=O)NCC(F)(F)F)sc2ccccc21. The fourth-order valence-electron chi connectivity index (χ4n) is 1.81. The van der Waals surface area contributed by atoms with Gasteiger partial charge >= 0.3 is 12.2 Å². The lowest BCUT2D eigenvalue weighted by atomic mass is 10.3. The number of fused-ring (bicyclic) bond motifs is 1. The molecule has 0 atom stereocenters. The van der Waals surface area contributed by atoms with Gasteiger partial charge in [-0.25, -0.2) is 4.79 Å². The highest BCUT2D eigenvalue weighted by atomic mass is 32.1. The van der Waals surface area contributed by atoms with Crippen LogP contribution in [-0.4, -0.2) is 37.0 Å². The molecule has 9 heteroatoms. The molecule has 0 fully saturated rings. The fraction of sp³-hybridized carbons (Fsp3) is 0.385. The van der Waals surface area contributed by atoms with Gasteiger partial charge in [0.1, 0.15) is 6.54 Å². The summed E-state index contributed by atoms with van der Waals surface area (Å²) in [6, 6.07) is 6.37. The predicted molar refractivity (Wildman–Crippen MR) is 76.7 cm³/mol. The quantitative estimate of drug-likeness (QED) is 0.935. The van der Waals surface area contributed by atoms with Gasteiger partial charge in [-0.15, -0.1) is 0 Å². The third-order valence-corrected chi connectivity index (χ3v) is 3.80. The number of carbonyl (C=O) groups is 1. The smallest absolute Gasteiger partial charge is 0.383 e. The van der Waals surface area contributed by atoms with Gasteiger partial charge in [0.25, 0.3) is 0 Å². The summed E-state index contributed by atoms with van der Waals surface area (Å²) in [5.41, 5.74) is 0.854. The number of urea groups is 1. The molecule has 1 aromatic carbocycles. The average Bonchev–Trinajstić information content (AvgIpc) is 2.79. The van der Waals surface area contributed by atoms with Crippen molar-refractivity contribution < 1.29 is 22.7 Å². The summed E-state index contributed by atoms with van der Waals surface area (Å²) >= 11 is 1.23. The lowest BCUT2D eigenvalue weighted by Gasteiger charge is -2.06. The number of amides is 2. The van der Waals surface area contributed by atoms with E-state index in [9.17, 15) is 18.0 Å². The van der Waals surface area contributed by atoms with Crippen molar-refractivity contribution in [3.8, 4) is 0 Å². The van der Waals surface area contributed by atoms with Crippen LogP contribution in [0.1, 0.15) is 0 Å². The molecule has 5 nitrogen and oxygen atoms in total. The Bertz CT molecular complexity index is 721. The maximum Gasteiger partial charge on any atom is 0.405 e. The van der Waals surface area contributed by atoms with Gasteiger partial charge < -0.3 is 14.6 Å². The zero-order valence-corrected chi connectivity index (χ0v) is 12.5. The lowest BCUT2D eigenvalue weighted by Crippen LogP contribution is -2.33. The van der Waals surface area contributed by atoms with Crippen molar-refractivity contribution in [1.29, 1.82) is 0 Å². The van der Waals surface area contributed by atoms with Crippen molar-refractivity contribution in [1.82, 2.24) is 9.88 Å². The summed E-state index contributed by atoms with van der Waals surface area (Å²) in [6.07, 6.45) is -4.46. The van der Waals surface area contributed by atoms with Crippen LogP contribution in [0.5, 0.6) is 0 Å². The molecule has 2 aromatic rings. The van der Waals surface area contributed by atoms with Gasteiger partial charge in [-0.2, -0.15) is 18.2 Å². The summed E-state index contributed by atoms with van der Waals surface area (Å²) < 4.78 is 43.9. The van der Waals surface area contributed by atoms with Gasteiger partial charge in [0.15, 0.2) is 4.80 Å². The largest absolute Gasteiger partial charge is 0.405 e. The molecule has 0 aliphatic heterocycles. The van der Waals surface area contributed by atoms with E-state index in [1.165, 1.54) is 11.3 Å². The van der Waals surface area contributed by atoms with Crippen molar-refractivity contribution in [3.63, 3.8) is 0 Å². The number of methoxy groups -OCH3 is 1. The third-order valence-electron chi connectivity index (χ3n) is 2.74. The van der Waals surface area contributed by atoms with E-state index in [0.717, 1.165) is 10.2 Å². The maximum atomic E-state index is 12.1. The number of thiazole rings is 1. The molecule has 1 heterocycles. The standard InChI is InChI=1S/C13H14F3N3O2S/c1-21-7-6-19-9-4-2-3-5-10(9)22-12(19)18-11(20)17-8-13(14,15)16/h2-5H,6-8H2,1H3,(H,17,20). The Morgan fingerprint density at radius 2 is 2.14 bits per heavy atom. The van der Waals surface area contributed by atoms with E-state index < -0.39 is 18.8 Å². The van der Waals surface area contributed by atoms with Crippen molar-refractivity contribution in [2.45, 2.75) is 12.7 Å². The first-order valence-corrected chi connectivity index (χ1v) is 7.19. The van der Waals surface area contributed by atoms with E-state index in [4.69, 9.17) is 4.74 Å². The van der Waals surface area contributed by atoms with Crippen LogP contribution in [0.4, 0.5) is 18.0 Å². The number of carbonyl (C=O) groups excluding carboxylic acids is 1. The number of alkyl halides is 3. The average molecular weight is 333 g/mol. The van der Waals surface area contributed by atoms with Crippen LogP contribution in [0.3, 0.4) is 0 Å². The Morgan fingerprint density at radius 1 is 1.41 bits per heavy atom. The first kappa shape index (κ1) is 16.5. The predicted octanol–water partition coefficient (Wildman–Crippen LogP) is 2.52. The molecule has 1 N–H and O–H groups in total. The van der Waals surface area contributed by atoms with E-state index in [1.807, 2.05) is 24.3 Å². The third kappa shape index (κ3) is 4.31. The summed E-state index contributed by atoms with van der Waals surface area (Å²) in [7, 11) is 1.54. The topological polar surface area (TPSA) is 55.6 Å². The Hall–Kier alpha value is -1.87. The number of ether oxygens (including phenoxy) is 1. The van der Waals surface area contributed by atoms with E-state index >= 15 is 0 Å². The first-order valence-electron chi connectivity index (χ1n) is 6.37. The molecule has 120 valence electrons. The Kier molecular flexibility index (Phi) is 5.19. The van der Waals surface area contributed by atoms with Crippen LogP contribution in [-0.2, 0) is 11.3 Å². The van der Waals surface area contributed by atoms with Gasteiger partial charge in [0.2, 0.25) is 0 Å². The molecule has 0 spiro atoms. The second kappa shape index (κ2) is 6.93. The van der Waals surface area contributed by atoms with Gasteiger partial charge in [-0.3, -0.25) is 0 Å². The van der Waals surface area contributed by atoms with Gasteiger partial charge in [0, 0.05) is 13.7 Å². The number of hydrogen-bond acceptors (Lipinski definition) is 3. The summed E-state index contributed by atoms with van der Waals surface area (Å²) in [5.74, 6) is 0. The lowest BCUT2D eigenvalue weighted by molar-refractivity contribution is -0.122. The number of aromatic nitrogens is 1.